The Hall–Kier alpha value is -3.64. The number of hydrogen-bond donors (Lipinski definition) is 0. The lowest BCUT2D eigenvalue weighted by molar-refractivity contribution is -0.141. The fourth-order valence-corrected chi connectivity index (χ4v) is 4.95. The second-order valence-electron chi connectivity index (χ2n) is 8.23. The molecule has 0 unspecified atom stereocenters. The van der Waals surface area contributed by atoms with Gasteiger partial charge in [-0.25, -0.2) is 0 Å². The Balaban J connectivity index is 1.68. The van der Waals surface area contributed by atoms with Gasteiger partial charge in [-0.05, 0) is 55.0 Å². The van der Waals surface area contributed by atoms with Gasteiger partial charge in [-0.3, -0.25) is 19.3 Å². The lowest BCUT2D eigenvalue weighted by Gasteiger charge is -2.31. The number of aryl methyl sites for hydroxylation is 1. The van der Waals surface area contributed by atoms with Crippen molar-refractivity contribution >= 4 is 35.1 Å². The third kappa shape index (κ3) is 3.13. The van der Waals surface area contributed by atoms with Gasteiger partial charge in [0.05, 0.1) is 18.7 Å². The SMILES string of the molecule is COc1ccc(N2C(=O)C[C@@H]([C@@]3(c4ccc(Cl)cc4)C(=O)Oc4ccc(C)cc43)C2=O)cc1. The highest BCUT2D eigenvalue weighted by atomic mass is 35.5. The molecule has 0 bridgehead atoms. The summed E-state index contributed by atoms with van der Waals surface area (Å²) in [5.74, 6) is -1.37. The van der Waals surface area contributed by atoms with Gasteiger partial charge in [0.1, 0.15) is 16.9 Å². The second kappa shape index (κ2) is 7.74. The molecule has 0 aliphatic carbocycles. The number of imide groups is 1. The van der Waals surface area contributed by atoms with Crippen molar-refractivity contribution < 1.29 is 23.9 Å². The summed E-state index contributed by atoms with van der Waals surface area (Å²) in [7, 11) is 1.54. The standard InChI is InChI=1S/C26H20ClNO5/c1-15-3-12-22-20(13-15)26(25(31)33-22,16-4-6-17(27)7-5-16)21-14-23(29)28(24(21)30)18-8-10-19(32-2)11-9-18/h3-13,21H,14H2,1-2H3/t21-,26+/m1/s1. The highest BCUT2D eigenvalue weighted by molar-refractivity contribution is 6.30. The van der Waals surface area contributed by atoms with E-state index in [-0.39, 0.29) is 12.3 Å². The van der Waals surface area contributed by atoms with Crippen LogP contribution in [0.25, 0.3) is 0 Å². The highest BCUT2D eigenvalue weighted by Crippen LogP contribution is 2.53. The number of fused-ring (bicyclic) bond motifs is 1. The monoisotopic (exact) mass is 461 g/mol. The summed E-state index contributed by atoms with van der Waals surface area (Å²) in [5, 5.41) is 0.499. The molecular weight excluding hydrogens is 442 g/mol. The number of halogens is 1. The number of benzene rings is 3. The van der Waals surface area contributed by atoms with Gasteiger partial charge in [0.2, 0.25) is 11.8 Å². The van der Waals surface area contributed by atoms with Gasteiger partial charge in [0, 0.05) is 17.0 Å². The molecule has 2 aliphatic rings. The van der Waals surface area contributed by atoms with Crippen LogP contribution in [-0.2, 0) is 19.8 Å². The summed E-state index contributed by atoms with van der Waals surface area (Å²) in [6.45, 7) is 1.90. The molecule has 0 radical (unpaired) electrons. The molecule has 0 saturated carbocycles. The van der Waals surface area contributed by atoms with Crippen molar-refractivity contribution in [2.45, 2.75) is 18.8 Å². The second-order valence-corrected chi connectivity index (χ2v) is 8.66. The molecular formula is C26H20ClNO5. The van der Waals surface area contributed by atoms with Crippen LogP contribution < -0.4 is 14.4 Å². The molecule has 5 rings (SSSR count). The zero-order valence-electron chi connectivity index (χ0n) is 18.0. The Labute approximate surface area is 195 Å². The molecule has 7 heteroatoms. The van der Waals surface area contributed by atoms with Crippen LogP contribution in [-0.4, -0.2) is 24.9 Å². The number of ether oxygens (including phenoxy) is 2. The fourth-order valence-electron chi connectivity index (χ4n) is 4.82. The van der Waals surface area contributed by atoms with E-state index in [2.05, 4.69) is 0 Å². The van der Waals surface area contributed by atoms with Crippen molar-refractivity contribution in [1.82, 2.24) is 0 Å². The average Bonchev–Trinajstić information content (AvgIpc) is 3.26. The topological polar surface area (TPSA) is 72.9 Å². The number of nitrogens with zero attached hydrogens (tertiary/aromatic N) is 1. The fraction of sp³-hybridized carbons (Fsp3) is 0.192. The van der Waals surface area contributed by atoms with E-state index in [9.17, 15) is 14.4 Å². The normalized spacial score (nSPS) is 21.8. The molecule has 166 valence electrons. The van der Waals surface area contributed by atoms with Crippen molar-refractivity contribution in [3.05, 3.63) is 88.4 Å². The Morgan fingerprint density at radius 1 is 1.00 bits per heavy atom. The third-order valence-corrected chi connectivity index (χ3v) is 6.64. The molecule has 2 aliphatic heterocycles. The van der Waals surface area contributed by atoms with E-state index in [0.717, 1.165) is 10.5 Å². The summed E-state index contributed by atoms with van der Waals surface area (Å²) in [6, 6.07) is 18.9. The maximum Gasteiger partial charge on any atom is 0.327 e. The van der Waals surface area contributed by atoms with Gasteiger partial charge in [0.15, 0.2) is 0 Å². The van der Waals surface area contributed by atoms with Crippen LogP contribution in [0, 0.1) is 12.8 Å². The Morgan fingerprint density at radius 3 is 2.36 bits per heavy atom. The van der Waals surface area contributed by atoms with Crippen molar-refractivity contribution in [2.24, 2.45) is 5.92 Å². The van der Waals surface area contributed by atoms with E-state index in [1.54, 1.807) is 54.6 Å². The smallest absolute Gasteiger partial charge is 0.327 e. The van der Waals surface area contributed by atoms with Crippen molar-refractivity contribution in [2.75, 3.05) is 12.0 Å². The third-order valence-electron chi connectivity index (χ3n) is 6.38. The number of rotatable bonds is 4. The number of esters is 1. The minimum Gasteiger partial charge on any atom is -0.497 e. The summed E-state index contributed by atoms with van der Waals surface area (Å²) >= 11 is 6.11. The molecule has 33 heavy (non-hydrogen) atoms. The largest absolute Gasteiger partial charge is 0.497 e. The first-order chi connectivity index (χ1) is 15.9. The van der Waals surface area contributed by atoms with Crippen molar-refractivity contribution in [1.29, 1.82) is 0 Å². The van der Waals surface area contributed by atoms with Crippen LogP contribution in [0.1, 0.15) is 23.1 Å². The average molecular weight is 462 g/mol. The summed E-state index contributed by atoms with van der Waals surface area (Å²) < 4.78 is 10.8. The Kier molecular flexibility index (Phi) is 4.98. The zero-order valence-corrected chi connectivity index (χ0v) is 18.8. The van der Waals surface area contributed by atoms with Gasteiger partial charge in [-0.1, -0.05) is 41.4 Å². The molecule has 3 aromatic carbocycles. The number of hydrogen-bond acceptors (Lipinski definition) is 5. The zero-order chi connectivity index (χ0) is 23.3. The van der Waals surface area contributed by atoms with Gasteiger partial charge < -0.3 is 9.47 Å². The molecule has 6 nitrogen and oxygen atoms in total. The summed E-state index contributed by atoms with van der Waals surface area (Å²) in [4.78, 5) is 41.6. The van der Waals surface area contributed by atoms with Crippen LogP contribution >= 0.6 is 11.6 Å². The molecule has 2 atom stereocenters. The Bertz CT molecular complexity index is 1290. The lowest BCUT2D eigenvalue weighted by atomic mass is 9.65. The first-order valence-corrected chi connectivity index (χ1v) is 10.8. The van der Waals surface area contributed by atoms with Crippen LogP contribution in [0.2, 0.25) is 5.02 Å². The van der Waals surface area contributed by atoms with Gasteiger partial charge in [0.25, 0.3) is 0 Å². The van der Waals surface area contributed by atoms with Gasteiger partial charge in [-0.15, -0.1) is 0 Å². The van der Waals surface area contributed by atoms with E-state index in [0.29, 0.717) is 33.3 Å². The van der Waals surface area contributed by atoms with Crippen LogP contribution in [0.3, 0.4) is 0 Å². The molecule has 1 saturated heterocycles. The highest BCUT2D eigenvalue weighted by Gasteiger charge is 2.62. The molecule has 0 spiro atoms. The predicted octanol–water partition coefficient (Wildman–Crippen LogP) is 4.44. The minimum atomic E-state index is -1.46. The van der Waals surface area contributed by atoms with E-state index in [1.807, 2.05) is 19.1 Å². The number of amides is 2. The van der Waals surface area contributed by atoms with E-state index in [4.69, 9.17) is 21.1 Å². The molecule has 3 aromatic rings. The summed E-state index contributed by atoms with van der Waals surface area (Å²) in [5.41, 5.74) is 1.02. The minimum absolute atomic E-state index is 0.129. The van der Waals surface area contributed by atoms with E-state index >= 15 is 0 Å². The Morgan fingerprint density at radius 2 is 1.70 bits per heavy atom. The molecule has 2 heterocycles. The molecule has 1 fully saturated rings. The lowest BCUT2D eigenvalue weighted by Crippen LogP contribution is -2.46. The predicted molar refractivity (Wildman–Crippen MR) is 123 cm³/mol. The maximum atomic E-state index is 13.8. The maximum absolute atomic E-state index is 13.8. The first-order valence-electron chi connectivity index (χ1n) is 10.5. The number of carbonyl (C=O) groups is 3. The quantitative estimate of drug-likeness (QED) is 0.326. The van der Waals surface area contributed by atoms with Crippen molar-refractivity contribution in [3.63, 3.8) is 0 Å². The molecule has 2 amide bonds. The van der Waals surface area contributed by atoms with Crippen LogP contribution in [0.5, 0.6) is 11.5 Å². The van der Waals surface area contributed by atoms with Gasteiger partial charge >= 0.3 is 5.97 Å². The number of anilines is 1. The van der Waals surface area contributed by atoms with Crippen LogP contribution in [0.4, 0.5) is 5.69 Å². The van der Waals surface area contributed by atoms with E-state index < -0.39 is 23.2 Å². The number of carbonyl (C=O) groups excluding carboxylic acids is 3. The first kappa shape index (κ1) is 21.2. The number of methoxy groups -OCH3 is 1. The molecule has 0 N–H and O–H groups in total. The summed E-state index contributed by atoms with van der Waals surface area (Å²) in [6.07, 6.45) is -0.129. The van der Waals surface area contributed by atoms with Gasteiger partial charge in [-0.2, -0.15) is 0 Å². The van der Waals surface area contributed by atoms with Crippen LogP contribution in [0.15, 0.2) is 66.7 Å². The van der Waals surface area contributed by atoms with E-state index in [1.165, 1.54) is 7.11 Å². The molecule has 0 aromatic heterocycles. The van der Waals surface area contributed by atoms with Crippen molar-refractivity contribution in [3.8, 4) is 11.5 Å².